The second-order valence-electron chi connectivity index (χ2n) is 8.59. The molecule has 1 N–H and O–H groups in total. The smallest absolute Gasteiger partial charge is 0.251 e. The first-order valence-corrected chi connectivity index (χ1v) is 10.7. The highest BCUT2D eigenvalue weighted by Gasteiger charge is 2.34. The van der Waals surface area contributed by atoms with Gasteiger partial charge in [0.2, 0.25) is 0 Å². The van der Waals surface area contributed by atoms with Crippen LogP contribution in [0.1, 0.15) is 39.5 Å². The highest BCUT2D eigenvalue weighted by Crippen LogP contribution is 2.31. The number of ether oxygens (including phenoxy) is 2. The Hall–Kier alpha value is -3.27. The van der Waals surface area contributed by atoms with Gasteiger partial charge in [0, 0.05) is 17.5 Å². The Balaban J connectivity index is 1.43. The molecule has 1 amide bonds. The molecule has 0 aromatic heterocycles. The number of fused-ring (bicyclic) bond motifs is 1. The SMILES string of the molecule is COc1ccc(C(=O)NC2(C)Cc3ccccc3C2)cc1OCCc1cccc(C)c1. The van der Waals surface area contributed by atoms with Gasteiger partial charge in [0.05, 0.1) is 13.7 Å². The van der Waals surface area contributed by atoms with Crippen molar-refractivity contribution in [3.63, 3.8) is 0 Å². The summed E-state index contributed by atoms with van der Waals surface area (Å²) in [6.45, 7) is 4.70. The summed E-state index contributed by atoms with van der Waals surface area (Å²) in [5.74, 6) is 1.12. The molecule has 0 atom stereocenters. The Labute approximate surface area is 184 Å². The molecule has 0 fully saturated rings. The normalized spacial score (nSPS) is 14.0. The van der Waals surface area contributed by atoms with E-state index in [-0.39, 0.29) is 11.4 Å². The van der Waals surface area contributed by atoms with Crippen LogP contribution in [-0.2, 0) is 19.3 Å². The fourth-order valence-corrected chi connectivity index (χ4v) is 4.32. The average molecular weight is 416 g/mol. The first kappa shape index (κ1) is 21.0. The standard InChI is InChI=1S/C27H29NO3/c1-19-7-6-8-20(15-19)13-14-31-25-16-21(11-12-24(25)30-3)26(29)28-27(2)17-22-9-4-5-10-23(22)18-27/h4-12,15-16H,13-14,17-18H2,1-3H3,(H,28,29). The number of benzene rings is 3. The van der Waals surface area contributed by atoms with Gasteiger partial charge in [-0.15, -0.1) is 0 Å². The Morgan fingerprint density at radius 2 is 1.71 bits per heavy atom. The van der Waals surface area contributed by atoms with Crippen LogP contribution in [0.3, 0.4) is 0 Å². The van der Waals surface area contributed by atoms with Crippen LogP contribution in [0.5, 0.6) is 11.5 Å². The monoisotopic (exact) mass is 415 g/mol. The summed E-state index contributed by atoms with van der Waals surface area (Å²) in [6.07, 6.45) is 2.47. The number of amides is 1. The quantitative estimate of drug-likeness (QED) is 0.596. The van der Waals surface area contributed by atoms with Crippen LogP contribution in [-0.4, -0.2) is 25.2 Å². The summed E-state index contributed by atoms with van der Waals surface area (Å²) in [4.78, 5) is 13.0. The lowest BCUT2D eigenvalue weighted by molar-refractivity contribution is 0.0909. The van der Waals surface area contributed by atoms with Crippen LogP contribution in [0.4, 0.5) is 0 Å². The lowest BCUT2D eigenvalue weighted by Crippen LogP contribution is -2.46. The lowest BCUT2D eigenvalue weighted by Gasteiger charge is -2.25. The molecule has 0 saturated heterocycles. The molecule has 0 spiro atoms. The first-order valence-electron chi connectivity index (χ1n) is 10.7. The molecule has 4 heteroatoms. The molecule has 1 aliphatic rings. The summed E-state index contributed by atoms with van der Waals surface area (Å²) >= 11 is 0. The maximum atomic E-state index is 13.0. The topological polar surface area (TPSA) is 47.6 Å². The highest BCUT2D eigenvalue weighted by molar-refractivity contribution is 5.95. The van der Waals surface area contributed by atoms with Crippen LogP contribution >= 0.6 is 0 Å². The maximum absolute atomic E-state index is 13.0. The lowest BCUT2D eigenvalue weighted by atomic mass is 9.98. The van der Waals surface area contributed by atoms with Crippen LogP contribution < -0.4 is 14.8 Å². The van der Waals surface area contributed by atoms with Gasteiger partial charge in [0.25, 0.3) is 5.91 Å². The molecule has 1 aliphatic carbocycles. The van der Waals surface area contributed by atoms with Crippen molar-refractivity contribution in [1.29, 1.82) is 0 Å². The van der Waals surface area contributed by atoms with Crippen molar-refractivity contribution in [2.75, 3.05) is 13.7 Å². The van der Waals surface area contributed by atoms with Gasteiger partial charge in [-0.25, -0.2) is 0 Å². The molecule has 0 unspecified atom stereocenters. The second kappa shape index (κ2) is 8.84. The molecule has 4 nitrogen and oxygen atoms in total. The van der Waals surface area contributed by atoms with E-state index in [0.717, 1.165) is 19.3 Å². The summed E-state index contributed by atoms with van der Waals surface area (Å²) in [6, 6.07) is 22.1. The number of hydrogen-bond donors (Lipinski definition) is 1. The molecule has 31 heavy (non-hydrogen) atoms. The van der Waals surface area contributed by atoms with Crippen LogP contribution in [0.25, 0.3) is 0 Å². The number of carbonyl (C=O) groups excluding carboxylic acids is 1. The minimum Gasteiger partial charge on any atom is -0.493 e. The van der Waals surface area contributed by atoms with Gasteiger partial charge in [-0.1, -0.05) is 54.1 Å². The van der Waals surface area contributed by atoms with E-state index in [0.29, 0.717) is 23.7 Å². The molecule has 3 aromatic carbocycles. The molecule has 0 heterocycles. The van der Waals surface area contributed by atoms with Gasteiger partial charge in [-0.3, -0.25) is 4.79 Å². The number of methoxy groups -OCH3 is 1. The van der Waals surface area contributed by atoms with Gasteiger partial charge in [0.15, 0.2) is 11.5 Å². The molecule has 0 bridgehead atoms. The average Bonchev–Trinajstić information content (AvgIpc) is 3.09. The molecule has 0 radical (unpaired) electrons. The fraction of sp³-hybridized carbons (Fsp3) is 0.296. The predicted molar refractivity (Wildman–Crippen MR) is 123 cm³/mol. The van der Waals surface area contributed by atoms with Crippen molar-refractivity contribution in [2.24, 2.45) is 0 Å². The number of nitrogens with one attached hydrogen (secondary N) is 1. The Kier molecular flexibility index (Phi) is 5.99. The van der Waals surface area contributed by atoms with E-state index >= 15 is 0 Å². The van der Waals surface area contributed by atoms with Crippen molar-refractivity contribution in [1.82, 2.24) is 5.32 Å². The van der Waals surface area contributed by atoms with E-state index in [1.165, 1.54) is 22.3 Å². The second-order valence-corrected chi connectivity index (χ2v) is 8.59. The summed E-state index contributed by atoms with van der Waals surface area (Å²) < 4.78 is 11.4. The number of hydrogen-bond acceptors (Lipinski definition) is 3. The van der Waals surface area contributed by atoms with E-state index in [4.69, 9.17) is 9.47 Å². The molecular weight excluding hydrogens is 386 g/mol. The molecular formula is C27H29NO3. The van der Waals surface area contributed by atoms with E-state index in [2.05, 4.69) is 67.7 Å². The van der Waals surface area contributed by atoms with Gasteiger partial charge in [0.1, 0.15) is 0 Å². The van der Waals surface area contributed by atoms with E-state index < -0.39 is 0 Å². The zero-order valence-corrected chi connectivity index (χ0v) is 18.4. The van der Waals surface area contributed by atoms with Crippen molar-refractivity contribution < 1.29 is 14.3 Å². The van der Waals surface area contributed by atoms with Gasteiger partial charge in [-0.05, 0) is 61.6 Å². The van der Waals surface area contributed by atoms with Gasteiger partial charge < -0.3 is 14.8 Å². The third kappa shape index (κ3) is 4.91. The minimum atomic E-state index is -0.285. The molecule has 4 rings (SSSR count). The minimum absolute atomic E-state index is 0.0958. The predicted octanol–water partition coefficient (Wildman–Crippen LogP) is 4.91. The Bertz CT molecular complexity index is 1060. The fourth-order valence-electron chi connectivity index (χ4n) is 4.32. The zero-order valence-electron chi connectivity index (χ0n) is 18.4. The van der Waals surface area contributed by atoms with Crippen molar-refractivity contribution in [3.05, 3.63) is 94.5 Å². The molecule has 3 aromatic rings. The van der Waals surface area contributed by atoms with Crippen LogP contribution in [0, 0.1) is 6.92 Å². The number of rotatable bonds is 7. The zero-order chi connectivity index (χ0) is 21.8. The van der Waals surface area contributed by atoms with Crippen LogP contribution in [0.15, 0.2) is 66.7 Å². The number of aryl methyl sites for hydroxylation is 1. The largest absolute Gasteiger partial charge is 0.493 e. The Morgan fingerprint density at radius 3 is 2.39 bits per heavy atom. The van der Waals surface area contributed by atoms with Gasteiger partial charge in [-0.2, -0.15) is 0 Å². The summed E-state index contributed by atoms with van der Waals surface area (Å²) in [5, 5.41) is 3.24. The Morgan fingerprint density at radius 1 is 0.968 bits per heavy atom. The summed E-state index contributed by atoms with van der Waals surface area (Å²) in [5.41, 5.74) is 5.36. The van der Waals surface area contributed by atoms with E-state index in [9.17, 15) is 4.79 Å². The van der Waals surface area contributed by atoms with E-state index in [1.807, 2.05) is 0 Å². The van der Waals surface area contributed by atoms with Crippen molar-refractivity contribution >= 4 is 5.91 Å². The molecule has 0 saturated carbocycles. The summed E-state index contributed by atoms with van der Waals surface area (Å²) in [7, 11) is 1.61. The first-order chi connectivity index (χ1) is 15.0. The van der Waals surface area contributed by atoms with Gasteiger partial charge >= 0.3 is 0 Å². The van der Waals surface area contributed by atoms with Crippen molar-refractivity contribution in [2.45, 2.75) is 38.6 Å². The molecule has 160 valence electrons. The molecule has 0 aliphatic heterocycles. The third-order valence-electron chi connectivity index (χ3n) is 5.85. The highest BCUT2D eigenvalue weighted by atomic mass is 16.5. The van der Waals surface area contributed by atoms with Crippen LogP contribution in [0.2, 0.25) is 0 Å². The van der Waals surface area contributed by atoms with Crippen molar-refractivity contribution in [3.8, 4) is 11.5 Å². The maximum Gasteiger partial charge on any atom is 0.251 e. The third-order valence-corrected chi connectivity index (χ3v) is 5.85. The number of carbonyl (C=O) groups is 1. The van der Waals surface area contributed by atoms with E-state index in [1.54, 1.807) is 25.3 Å².